The highest BCUT2D eigenvalue weighted by molar-refractivity contribution is 5.83. The number of anilines is 1. The predicted octanol–water partition coefficient (Wildman–Crippen LogP) is 1.09. The number of aryl methyl sites for hydroxylation is 2. The van der Waals surface area contributed by atoms with Gasteiger partial charge in [-0.05, 0) is 19.4 Å². The van der Waals surface area contributed by atoms with Gasteiger partial charge in [-0.15, -0.1) is 0 Å². The van der Waals surface area contributed by atoms with Crippen molar-refractivity contribution in [2.75, 3.05) is 31.1 Å². The van der Waals surface area contributed by atoms with Crippen LogP contribution in [0.25, 0.3) is 5.78 Å². The number of hydrogen-bond donors (Lipinski definition) is 1. The molecule has 1 fully saturated rings. The standard InChI is InChI=1S/C19H23N7O/c1-13-3-5-15(6-4-13)17(20)18(27)25-9-7-24(8-10-25)16-11-14(2)23-19-21-12-22-26(16)19/h3-6,11-12,17H,7-10,20H2,1-2H3. The first kappa shape index (κ1) is 17.4. The van der Waals surface area contributed by atoms with Gasteiger partial charge >= 0.3 is 0 Å². The van der Waals surface area contributed by atoms with Gasteiger partial charge in [-0.25, -0.2) is 4.98 Å². The van der Waals surface area contributed by atoms with Crippen LogP contribution < -0.4 is 10.6 Å². The molecule has 0 bridgehead atoms. The van der Waals surface area contributed by atoms with E-state index in [1.807, 2.05) is 49.1 Å². The Labute approximate surface area is 157 Å². The van der Waals surface area contributed by atoms with Crippen molar-refractivity contribution >= 4 is 17.5 Å². The Morgan fingerprint density at radius 3 is 2.52 bits per heavy atom. The largest absolute Gasteiger partial charge is 0.353 e. The smallest absolute Gasteiger partial charge is 0.254 e. The van der Waals surface area contributed by atoms with Crippen LogP contribution >= 0.6 is 0 Å². The fourth-order valence-corrected chi connectivity index (χ4v) is 3.41. The number of rotatable bonds is 3. The molecule has 3 heterocycles. The molecule has 1 amide bonds. The molecule has 1 atom stereocenters. The number of benzene rings is 1. The fourth-order valence-electron chi connectivity index (χ4n) is 3.41. The first-order valence-corrected chi connectivity index (χ1v) is 9.06. The van der Waals surface area contributed by atoms with Crippen LogP contribution in [0.1, 0.15) is 22.9 Å². The van der Waals surface area contributed by atoms with E-state index < -0.39 is 6.04 Å². The summed E-state index contributed by atoms with van der Waals surface area (Å²) in [6.07, 6.45) is 1.51. The van der Waals surface area contributed by atoms with Gasteiger partial charge in [-0.3, -0.25) is 4.79 Å². The lowest BCUT2D eigenvalue weighted by atomic mass is 10.0. The Morgan fingerprint density at radius 2 is 1.81 bits per heavy atom. The summed E-state index contributed by atoms with van der Waals surface area (Å²) < 4.78 is 1.74. The lowest BCUT2D eigenvalue weighted by Crippen LogP contribution is -2.51. The first-order chi connectivity index (χ1) is 13.0. The van der Waals surface area contributed by atoms with Crippen LogP contribution in [0.3, 0.4) is 0 Å². The van der Waals surface area contributed by atoms with Crippen LogP contribution in [0.4, 0.5) is 5.82 Å². The molecular formula is C19H23N7O. The Morgan fingerprint density at radius 1 is 1.11 bits per heavy atom. The first-order valence-electron chi connectivity index (χ1n) is 9.06. The third-order valence-corrected chi connectivity index (χ3v) is 4.98. The van der Waals surface area contributed by atoms with Gasteiger partial charge in [0.1, 0.15) is 18.2 Å². The fraction of sp³-hybridized carbons (Fsp3) is 0.368. The van der Waals surface area contributed by atoms with E-state index in [4.69, 9.17) is 5.73 Å². The van der Waals surface area contributed by atoms with Crippen molar-refractivity contribution in [1.29, 1.82) is 0 Å². The third kappa shape index (κ3) is 3.35. The number of amides is 1. The minimum Gasteiger partial charge on any atom is -0.353 e. The maximum absolute atomic E-state index is 12.8. The molecule has 4 rings (SSSR count). The maximum atomic E-state index is 12.8. The summed E-state index contributed by atoms with van der Waals surface area (Å²) in [6, 6.07) is 9.19. The van der Waals surface area contributed by atoms with Gasteiger partial charge in [0.2, 0.25) is 5.91 Å². The molecule has 27 heavy (non-hydrogen) atoms. The van der Waals surface area contributed by atoms with Crippen LogP contribution in [0.2, 0.25) is 0 Å². The van der Waals surface area contributed by atoms with Crippen molar-refractivity contribution in [2.24, 2.45) is 5.73 Å². The van der Waals surface area contributed by atoms with Gasteiger partial charge < -0.3 is 15.5 Å². The van der Waals surface area contributed by atoms with Crippen molar-refractivity contribution in [3.8, 4) is 0 Å². The Balaban J connectivity index is 1.46. The number of carbonyl (C=O) groups excluding carboxylic acids is 1. The van der Waals surface area contributed by atoms with Crippen LogP contribution in [0.15, 0.2) is 36.7 Å². The second-order valence-corrected chi connectivity index (χ2v) is 6.93. The van der Waals surface area contributed by atoms with Gasteiger partial charge in [-0.1, -0.05) is 29.8 Å². The number of carbonyl (C=O) groups is 1. The van der Waals surface area contributed by atoms with E-state index in [9.17, 15) is 4.79 Å². The molecule has 1 aliphatic rings. The molecule has 8 heteroatoms. The van der Waals surface area contributed by atoms with Crippen LogP contribution in [0.5, 0.6) is 0 Å². The monoisotopic (exact) mass is 365 g/mol. The number of hydrogen-bond acceptors (Lipinski definition) is 6. The van der Waals surface area contributed by atoms with Crippen molar-refractivity contribution in [3.63, 3.8) is 0 Å². The molecule has 0 aliphatic carbocycles. The average Bonchev–Trinajstić information content (AvgIpc) is 3.15. The van der Waals surface area contributed by atoms with E-state index in [1.54, 1.807) is 4.52 Å². The molecule has 0 spiro atoms. The van der Waals surface area contributed by atoms with Gasteiger partial charge in [-0.2, -0.15) is 14.6 Å². The minimum atomic E-state index is -0.623. The second kappa shape index (κ2) is 6.96. The zero-order valence-corrected chi connectivity index (χ0v) is 15.5. The molecule has 1 aliphatic heterocycles. The number of nitrogens with zero attached hydrogens (tertiary/aromatic N) is 6. The van der Waals surface area contributed by atoms with Crippen molar-refractivity contribution in [2.45, 2.75) is 19.9 Å². The lowest BCUT2D eigenvalue weighted by Gasteiger charge is -2.37. The molecule has 140 valence electrons. The summed E-state index contributed by atoms with van der Waals surface area (Å²) in [6.45, 7) is 6.63. The summed E-state index contributed by atoms with van der Waals surface area (Å²) in [7, 11) is 0. The molecule has 2 N–H and O–H groups in total. The lowest BCUT2D eigenvalue weighted by molar-refractivity contribution is -0.133. The summed E-state index contributed by atoms with van der Waals surface area (Å²) in [4.78, 5) is 25.4. The quantitative estimate of drug-likeness (QED) is 0.747. The molecule has 1 saturated heterocycles. The summed E-state index contributed by atoms with van der Waals surface area (Å²) in [5.41, 5.74) is 9.11. The van der Waals surface area contributed by atoms with E-state index in [0.29, 0.717) is 32.0 Å². The van der Waals surface area contributed by atoms with E-state index >= 15 is 0 Å². The molecule has 0 radical (unpaired) electrons. The number of piperazine rings is 1. The molecule has 0 saturated carbocycles. The van der Waals surface area contributed by atoms with Crippen molar-refractivity contribution < 1.29 is 4.79 Å². The van der Waals surface area contributed by atoms with Crippen molar-refractivity contribution in [1.82, 2.24) is 24.5 Å². The summed E-state index contributed by atoms with van der Waals surface area (Å²) in [5.74, 6) is 1.50. The van der Waals surface area contributed by atoms with E-state index in [2.05, 4.69) is 20.0 Å². The highest BCUT2D eigenvalue weighted by Crippen LogP contribution is 2.20. The molecule has 2 aromatic heterocycles. The number of nitrogens with two attached hydrogens (primary N) is 1. The molecule has 3 aromatic rings. The van der Waals surface area contributed by atoms with Crippen LogP contribution in [0, 0.1) is 13.8 Å². The van der Waals surface area contributed by atoms with E-state index in [-0.39, 0.29) is 5.91 Å². The molecule has 1 unspecified atom stereocenters. The SMILES string of the molecule is Cc1ccc(C(N)C(=O)N2CCN(c3cc(C)nc4ncnn34)CC2)cc1. The topological polar surface area (TPSA) is 92.7 Å². The second-order valence-electron chi connectivity index (χ2n) is 6.93. The highest BCUT2D eigenvalue weighted by Gasteiger charge is 2.27. The van der Waals surface area contributed by atoms with E-state index in [0.717, 1.165) is 22.6 Å². The highest BCUT2D eigenvalue weighted by atomic mass is 16.2. The van der Waals surface area contributed by atoms with Gasteiger partial charge in [0.05, 0.1) is 0 Å². The molecule has 8 nitrogen and oxygen atoms in total. The Kier molecular flexibility index (Phi) is 4.49. The Hall–Kier alpha value is -3.00. The zero-order valence-electron chi connectivity index (χ0n) is 15.5. The normalized spacial score (nSPS) is 16.0. The minimum absolute atomic E-state index is 0.0321. The number of fused-ring (bicyclic) bond motifs is 1. The van der Waals surface area contributed by atoms with Gasteiger partial charge in [0.15, 0.2) is 0 Å². The van der Waals surface area contributed by atoms with Crippen LogP contribution in [-0.2, 0) is 4.79 Å². The van der Waals surface area contributed by atoms with E-state index in [1.165, 1.54) is 6.33 Å². The Bertz CT molecular complexity index is 958. The predicted molar refractivity (Wildman–Crippen MR) is 102 cm³/mol. The zero-order chi connectivity index (χ0) is 19.0. The summed E-state index contributed by atoms with van der Waals surface area (Å²) >= 11 is 0. The number of aromatic nitrogens is 4. The molecule has 1 aromatic carbocycles. The van der Waals surface area contributed by atoms with Crippen LogP contribution in [-0.4, -0.2) is 56.6 Å². The maximum Gasteiger partial charge on any atom is 0.254 e. The van der Waals surface area contributed by atoms with Gasteiger partial charge in [0, 0.05) is 37.9 Å². The average molecular weight is 365 g/mol. The van der Waals surface area contributed by atoms with Crippen molar-refractivity contribution in [3.05, 3.63) is 53.5 Å². The third-order valence-electron chi connectivity index (χ3n) is 4.98. The summed E-state index contributed by atoms with van der Waals surface area (Å²) in [5, 5.41) is 4.26. The molecular weight excluding hydrogens is 342 g/mol. The van der Waals surface area contributed by atoms with Gasteiger partial charge in [0.25, 0.3) is 5.78 Å².